The lowest BCUT2D eigenvalue weighted by molar-refractivity contribution is 0.900. The minimum Gasteiger partial charge on any atom is -0.383 e. The molecule has 0 saturated heterocycles. The number of nitriles is 1. The van der Waals surface area contributed by atoms with E-state index < -0.39 is 0 Å². The van der Waals surface area contributed by atoms with Gasteiger partial charge in [-0.25, -0.2) is 4.98 Å². The lowest BCUT2D eigenvalue weighted by Crippen LogP contribution is -1.93. The molecule has 0 aliphatic rings. The van der Waals surface area contributed by atoms with Gasteiger partial charge in [-0.15, -0.1) is 21.5 Å². The van der Waals surface area contributed by atoms with E-state index in [1.807, 2.05) is 6.07 Å². The molecule has 0 aromatic carbocycles. The molecule has 0 radical (unpaired) electrons. The van der Waals surface area contributed by atoms with Crippen LogP contribution in [0.4, 0.5) is 5.82 Å². The number of halogens is 1. The number of pyridine rings is 1. The average molecular weight is 263 g/mol. The Bertz CT molecular complexity index is 789. The van der Waals surface area contributed by atoms with Crippen LogP contribution < -0.4 is 5.73 Å². The van der Waals surface area contributed by atoms with Crippen LogP contribution in [0.1, 0.15) is 5.56 Å². The molecule has 0 saturated carbocycles. The fourth-order valence-corrected chi connectivity index (χ4v) is 2.72. The lowest BCUT2D eigenvalue weighted by atomic mass is 10.2. The first-order valence-electron chi connectivity index (χ1n) is 4.48. The smallest absolute Gasteiger partial charge is 0.172 e. The minimum atomic E-state index is 0.198. The number of nitrogens with two attached hydrogens (primary N) is 1. The van der Waals surface area contributed by atoms with Crippen molar-refractivity contribution in [1.82, 2.24) is 20.4 Å². The number of nitrogen functional groups attached to an aromatic ring is 1. The summed E-state index contributed by atoms with van der Waals surface area (Å²) in [6.07, 6.45) is 0. The molecule has 0 atom stereocenters. The Balaban J connectivity index is 2.54. The normalized spacial score (nSPS) is 10.8. The van der Waals surface area contributed by atoms with Gasteiger partial charge in [-0.1, -0.05) is 11.6 Å². The summed E-state index contributed by atoms with van der Waals surface area (Å²) >= 11 is 7.24. The number of fused-ring (bicyclic) bond motifs is 3. The number of nitrogens with zero attached hydrogens (tertiary/aromatic N) is 5. The van der Waals surface area contributed by atoms with Crippen LogP contribution in [-0.4, -0.2) is 20.4 Å². The zero-order valence-electron chi connectivity index (χ0n) is 8.18. The van der Waals surface area contributed by atoms with E-state index in [0.29, 0.717) is 26.0 Å². The molecule has 2 N–H and O–H groups in total. The highest BCUT2D eigenvalue weighted by Gasteiger charge is 2.14. The molecule has 0 spiro atoms. The molecule has 0 aliphatic heterocycles. The van der Waals surface area contributed by atoms with Crippen LogP contribution in [0.25, 0.3) is 20.4 Å². The van der Waals surface area contributed by atoms with E-state index in [0.717, 1.165) is 0 Å². The highest BCUT2D eigenvalue weighted by molar-refractivity contribution is 7.25. The highest BCUT2D eigenvalue weighted by Crippen LogP contribution is 2.35. The van der Waals surface area contributed by atoms with Crippen molar-refractivity contribution in [2.75, 3.05) is 5.73 Å². The highest BCUT2D eigenvalue weighted by atomic mass is 35.5. The van der Waals surface area contributed by atoms with Gasteiger partial charge in [0.1, 0.15) is 22.2 Å². The molecule has 8 heteroatoms. The van der Waals surface area contributed by atoms with Crippen LogP contribution in [-0.2, 0) is 0 Å². The summed E-state index contributed by atoms with van der Waals surface area (Å²) in [6.45, 7) is 0. The summed E-state index contributed by atoms with van der Waals surface area (Å²) in [4.78, 5) is 4.81. The van der Waals surface area contributed by atoms with Gasteiger partial charge in [-0.2, -0.15) is 5.26 Å². The van der Waals surface area contributed by atoms with E-state index in [-0.39, 0.29) is 11.0 Å². The number of hydrogen-bond acceptors (Lipinski definition) is 7. The van der Waals surface area contributed by atoms with Crippen molar-refractivity contribution in [3.8, 4) is 6.07 Å². The minimum absolute atomic E-state index is 0.198. The first-order valence-corrected chi connectivity index (χ1v) is 5.68. The molecule has 3 heterocycles. The average Bonchev–Trinajstić information content (AvgIpc) is 2.67. The molecule has 0 bridgehead atoms. The van der Waals surface area contributed by atoms with Crippen LogP contribution in [0.2, 0.25) is 5.15 Å². The van der Waals surface area contributed by atoms with Crippen molar-refractivity contribution >= 4 is 49.2 Å². The maximum absolute atomic E-state index is 8.90. The topological polar surface area (TPSA) is 101 Å². The summed E-state index contributed by atoms with van der Waals surface area (Å²) in [5, 5.41) is 21.0. The van der Waals surface area contributed by atoms with Gasteiger partial charge < -0.3 is 5.73 Å². The van der Waals surface area contributed by atoms with E-state index in [1.165, 1.54) is 11.3 Å². The summed E-state index contributed by atoms with van der Waals surface area (Å²) in [7, 11) is 0. The SMILES string of the molecule is N#Cc1cc2c(nc1N)sc1c(Cl)nnnc12. The van der Waals surface area contributed by atoms with Gasteiger partial charge in [0.25, 0.3) is 0 Å². The molecule has 0 amide bonds. The third kappa shape index (κ3) is 1.39. The first-order chi connectivity index (χ1) is 8.20. The van der Waals surface area contributed by atoms with E-state index >= 15 is 0 Å². The third-order valence-electron chi connectivity index (χ3n) is 2.27. The number of thiophene rings is 1. The van der Waals surface area contributed by atoms with Crippen molar-refractivity contribution < 1.29 is 0 Å². The molecule has 17 heavy (non-hydrogen) atoms. The number of anilines is 1. The maximum atomic E-state index is 8.90. The fourth-order valence-electron chi connectivity index (χ4n) is 1.51. The Hall–Kier alpha value is -2.04. The van der Waals surface area contributed by atoms with E-state index in [1.54, 1.807) is 6.07 Å². The molecule has 3 aromatic heterocycles. The third-order valence-corrected chi connectivity index (χ3v) is 3.74. The van der Waals surface area contributed by atoms with Crippen molar-refractivity contribution in [3.05, 3.63) is 16.8 Å². The number of rotatable bonds is 0. The second-order valence-corrected chi connectivity index (χ2v) is 4.60. The molecule has 0 aliphatic carbocycles. The van der Waals surface area contributed by atoms with E-state index in [9.17, 15) is 0 Å². The van der Waals surface area contributed by atoms with Gasteiger partial charge in [0.2, 0.25) is 0 Å². The predicted octanol–water partition coefficient (Wildman–Crippen LogP) is 1.74. The van der Waals surface area contributed by atoms with Crippen molar-refractivity contribution in [2.45, 2.75) is 0 Å². The Labute approximate surface area is 104 Å². The van der Waals surface area contributed by atoms with Crippen LogP contribution in [0.3, 0.4) is 0 Å². The lowest BCUT2D eigenvalue weighted by Gasteiger charge is -1.95. The number of hydrogen-bond donors (Lipinski definition) is 1. The molecule has 3 aromatic rings. The Morgan fingerprint density at radius 2 is 2.24 bits per heavy atom. The Kier molecular flexibility index (Phi) is 2.07. The largest absolute Gasteiger partial charge is 0.383 e. The van der Waals surface area contributed by atoms with Gasteiger partial charge in [-0.3, -0.25) is 0 Å². The van der Waals surface area contributed by atoms with E-state index in [2.05, 4.69) is 20.4 Å². The van der Waals surface area contributed by atoms with E-state index in [4.69, 9.17) is 22.6 Å². The summed E-state index contributed by atoms with van der Waals surface area (Å²) in [5.74, 6) is 0.198. The van der Waals surface area contributed by atoms with Gasteiger partial charge in [0.15, 0.2) is 5.15 Å². The van der Waals surface area contributed by atoms with Crippen LogP contribution in [0, 0.1) is 11.3 Å². The summed E-state index contributed by atoms with van der Waals surface area (Å²) in [5.41, 5.74) is 6.55. The molecule has 0 unspecified atom stereocenters. The monoisotopic (exact) mass is 262 g/mol. The second-order valence-electron chi connectivity index (χ2n) is 3.25. The zero-order valence-corrected chi connectivity index (χ0v) is 9.75. The van der Waals surface area contributed by atoms with Gasteiger partial charge in [-0.05, 0) is 11.3 Å². The molecule has 6 nitrogen and oxygen atoms in total. The van der Waals surface area contributed by atoms with Crippen molar-refractivity contribution in [2.24, 2.45) is 0 Å². The van der Waals surface area contributed by atoms with Gasteiger partial charge in [0.05, 0.1) is 10.3 Å². The zero-order chi connectivity index (χ0) is 12.0. The van der Waals surface area contributed by atoms with Crippen LogP contribution >= 0.6 is 22.9 Å². The second kappa shape index (κ2) is 3.48. The maximum Gasteiger partial charge on any atom is 0.172 e. The van der Waals surface area contributed by atoms with Gasteiger partial charge in [0, 0.05) is 5.39 Å². The first kappa shape index (κ1) is 10.1. The molecule has 3 rings (SSSR count). The number of aromatic nitrogens is 4. The Morgan fingerprint density at radius 3 is 3.00 bits per heavy atom. The van der Waals surface area contributed by atoms with Crippen LogP contribution in [0.15, 0.2) is 6.07 Å². The summed E-state index contributed by atoms with van der Waals surface area (Å²) < 4.78 is 0.693. The fraction of sp³-hybridized carbons (Fsp3) is 0. The summed E-state index contributed by atoms with van der Waals surface area (Å²) in [6, 6.07) is 3.62. The standard InChI is InChI=1S/C9H3ClN6S/c10-7-6-5(14-16-15-7)4-1-3(2-11)8(12)13-9(4)17-6/h1H,(H2,12,13). The van der Waals surface area contributed by atoms with Crippen LogP contribution in [0.5, 0.6) is 0 Å². The van der Waals surface area contributed by atoms with Crippen molar-refractivity contribution in [3.63, 3.8) is 0 Å². The van der Waals surface area contributed by atoms with Gasteiger partial charge >= 0.3 is 0 Å². The van der Waals surface area contributed by atoms with Crippen molar-refractivity contribution in [1.29, 1.82) is 5.26 Å². The molecular weight excluding hydrogens is 260 g/mol. The molecule has 0 fully saturated rings. The predicted molar refractivity (Wildman–Crippen MR) is 64.6 cm³/mol. The molecule has 82 valence electrons. The Morgan fingerprint density at radius 1 is 1.41 bits per heavy atom. The quantitative estimate of drug-likeness (QED) is 0.662. The molecular formula is C9H3ClN6S.